The highest BCUT2D eigenvalue weighted by atomic mass is 35.5. The van der Waals surface area contributed by atoms with E-state index in [1.54, 1.807) is 10.7 Å². The van der Waals surface area contributed by atoms with E-state index in [2.05, 4.69) is 5.10 Å². The molecule has 2 aromatic rings. The van der Waals surface area contributed by atoms with Crippen LogP contribution in [0, 0.1) is 6.92 Å². The van der Waals surface area contributed by atoms with Crippen LogP contribution in [0.25, 0.3) is 5.69 Å². The Hall–Kier alpha value is -1.81. The van der Waals surface area contributed by atoms with Crippen LogP contribution >= 0.6 is 11.6 Å². The molecule has 0 unspecified atom stereocenters. The minimum Gasteiger partial charge on any atom is -0.478 e. The third-order valence-corrected chi connectivity index (χ3v) is 3.46. The van der Waals surface area contributed by atoms with Gasteiger partial charge in [0.1, 0.15) is 5.56 Å². The van der Waals surface area contributed by atoms with Crippen LogP contribution in [0.2, 0.25) is 5.02 Å². The van der Waals surface area contributed by atoms with Crippen molar-refractivity contribution in [3.05, 3.63) is 46.2 Å². The maximum absolute atomic E-state index is 11.2. The first-order valence-corrected chi connectivity index (χ1v) is 6.38. The van der Waals surface area contributed by atoms with Crippen LogP contribution in [0.15, 0.2) is 24.4 Å². The molecule has 2 rings (SSSR count). The van der Waals surface area contributed by atoms with Crippen LogP contribution in [-0.4, -0.2) is 20.9 Å². The van der Waals surface area contributed by atoms with Crippen molar-refractivity contribution in [1.29, 1.82) is 0 Å². The summed E-state index contributed by atoms with van der Waals surface area (Å²) in [5, 5.41) is 14.1. The molecule has 1 aromatic heterocycles. The van der Waals surface area contributed by atoms with Gasteiger partial charge < -0.3 is 5.11 Å². The zero-order valence-corrected chi connectivity index (χ0v) is 11.8. The Morgan fingerprint density at radius 2 is 2.11 bits per heavy atom. The maximum Gasteiger partial charge on any atom is 0.339 e. The first-order chi connectivity index (χ1) is 8.93. The van der Waals surface area contributed by atoms with E-state index in [0.717, 1.165) is 11.3 Å². The van der Waals surface area contributed by atoms with Gasteiger partial charge in [-0.3, -0.25) is 0 Å². The summed E-state index contributed by atoms with van der Waals surface area (Å²) in [6.07, 6.45) is 1.39. The Balaban J connectivity index is 2.69. The lowest BCUT2D eigenvalue weighted by Gasteiger charge is -2.14. The fraction of sp³-hybridized carbons (Fsp3) is 0.286. The predicted molar refractivity (Wildman–Crippen MR) is 74.4 cm³/mol. The number of carbonyl (C=O) groups is 1. The Bertz CT molecular complexity index is 632. The van der Waals surface area contributed by atoms with Gasteiger partial charge in [-0.25, -0.2) is 9.48 Å². The Morgan fingerprint density at radius 1 is 1.42 bits per heavy atom. The highest BCUT2D eigenvalue weighted by Crippen LogP contribution is 2.27. The zero-order chi connectivity index (χ0) is 14.2. The molecule has 0 atom stereocenters. The summed E-state index contributed by atoms with van der Waals surface area (Å²) < 4.78 is 1.66. The number of aromatic nitrogens is 2. The van der Waals surface area contributed by atoms with E-state index in [1.807, 2.05) is 32.9 Å². The second-order valence-corrected chi connectivity index (χ2v) is 5.11. The summed E-state index contributed by atoms with van der Waals surface area (Å²) in [6, 6.07) is 5.51. The van der Waals surface area contributed by atoms with E-state index in [9.17, 15) is 9.90 Å². The molecular weight excluding hydrogens is 264 g/mol. The molecular formula is C14H15ClN2O2. The molecule has 0 saturated carbocycles. The standard InChI is InChI=1S/C14H15ClN2O2/c1-8(2)13-10(14(18)19)7-16-17(13)12-6-4-5-11(15)9(12)3/h4-8H,1-3H3,(H,18,19). The molecule has 0 aliphatic heterocycles. The summed E-state index contributed by atoms with van der Waals surface area (Å²) in [5.74, 6) is -0.915. The van der Waals surface area contributed by atoms with E-state index in [0.29, 0.717) is 10.7 Å². The molecule has 0 aliphatic carbocycles. The molecule has 19 heavy (non-hydrogen) atoms. The van der Waals surface area contributed by atoms with Crippen LogP contribution in [0.1, 0.15) is 41.4 Å². The van der Waals surface area contributed by atoms with Gasteiger partial charge in [0.15, 0.2) is 0 Å². The number of hydrogen-bond acceptors (Lipinski definition) is 2. The molecule has 0 bridgehead atoms. The Kier molecular flexibility index (Phi) is 3.62. The van der Waals surface area contributed by atoms with E-state index in [-0.39, 0.29) is 11.5 Å². The summed E-state index contributed by atoms with van der Waals surface area (Å²) >= 11 is 6.11. The van der Waals surface area contributed by atoms with Crippen LogP contribution in [0.3, 0.4) is 0 Å². The molecule has 0 radical (unpaired) electrons. The average Bonchev–Trinajstić information content (AvgIpc) is 2.77. The number of hydrogen-bond donors (Lipinski definition) is 1. The topological polar surface area (TPSA) is 55.1 Å². The van der Waals surface area contributed by atoms with Crippen molar-refractivity contribution in [3.63, 3.8) is 0 Å². The molecule has 1 heterocycles. The number of halogens is 1. The Morgan fingerprint density at radius 3 is 2.68 bits per heavy atom. The first-order valence-electron chi connectivity index (χ1n) is 6.00. The quantitative estimate of drug-likeness (QED) is 0.932. The van der Waals surface area contributed by atoms with Crippen LogP contribution in [0.5, 0.6) is 0 Å². The van der Waals surface area contributed by atoms with Gasteiger partial charge in [0.2, 0.25) is 0 Å². The third-order valence-electron chi connectivity index (χ3n) is 3.05. The second kappa shape index (κ2) is 5.05. The molecule has 0 spiro atoms. The Labute approximate surface area is 116 Å². The number of carboxylic acids is 1. The highest BCUT2D eigenvalue weighted by molar-refractivity contribution is 6.31. The largest absolute Gasteiger partial charge is 0.478 e. The number of carboxylic acid groups (broad SMARTS) is 1. The van der Waals surface area contributed by atoms with Crippen molar-refractivity contribution in [2.75, 3.05) is 0 Å². The lowest BCUT2D eigenvalue weighted by Crippen LogP contribution is -2.09. The third kappa shape index (κ3) is 2.36. The van der Waals surface area contributed by atoms with E-state index >= 15 is 0 Å². The number of aromatic carboxylic acids is 1. The van der Waals surface area contributed by atoms with Gasteiger partial charge in [-0.1, -0.05) is 31.5 Å². The fourth-order valence-electron chi connectivity index (χ4n) is 2.10. The van der Waals surface area contributed by atoms with Crippen molar-refractivity contribution in [1.82, 2.24) is 9.78 Å². The average molecular weight is 279 g/mol. The first kappa shape index (κ1) is 13.6. The van der Waals surface area contributed by atoms with E-state index in [1.165, 1.54) is 6.20 Å². The van der Waals surface area contributed by atoms with Crippen LogP contribution in [0.4, 0.5) is 0 Å². The molecule has 0 saturated heterocycles. The summed E-state index contributed by atoms with van der Waals surface area (Å²) in [4.78, 5) is 11.2. The lowest BCUT2D eigenvalue weighted by molar-refractivity contribution is 0.0695. The van der Waals surface area contributed by atoms with E-state index < -0.39 is 5.97 Å². The van der Waals surface area contributed by atoms with Crippen LogP contribution < -0.4 is 0 Å². The van der Waals surface area contributed by atoms with Crippen molar-refractivity contribution in [2.24, 2.45) is 0 Å². The molecule has 5 heteroatoms. The molecule has 0 amide bonds. The monoisotopic (exact) mass is 278 g/mol. The molecule has 1 aromatic carbocycles. The lowest BCUT2D eigenvalue weighted by atomic mass is 10.1. The van der Waals surface area contributed by atoms with Crippen molar-refractivity contribution >= 4 is 17.6 Å². The zero-order valence-electron chi connectivity index (χ0n) is 11.0. The van der Waals surface area contributed by atoms with Gasteiger partial charge in [0.05, 0.1) is 17.6 Å². The number of benzene rings is 1. The van der Waals surface area contributed by atoms with Gasteiger partial charge in [0, 0.05) is 5.02 Å². The molecule has 100 valence electrons. The van der Waals surface area contributed by atoms with Gasteiger partial charge >= 0.3 is 5.97 Å². The fourth-order valence-corrected chi connectivity index (χ4v) is 2.27. The minimum absolute atomic E-state index is 0.0481. The van der Waals surface area contributed by atoms with Crippen LogP contribution in [-0.2, 0) is 0 Å². The maximum atomic E-state index is 11.2. The van der Waals surface area contributed by atoms with Gasteiger partial charge in [-0.2, -0.15) is 5.10 Å². The number of rotatable bonds is 3. The van der Waals surface area contributed by atoms with Crippen molar-refractivity contribution in [3.8, 4) is 5.69 Å². The minimum atomic E-state index is -0.963. The molecule has 4 nitrogen and oxygen atoms in total. The second-order valence-electron chi connectivity index (χ2n) is 4.70. The SMILES string of the molecule is Cc1c(Cl)cccc1-n1ncc(C(=O)O)c1C(C)C. The normalized spacial score (nSPS) is 11.0. The molecule has 0 fully saturated rings. The van der Waals surface area contributed by atoms with Gasteiger partial charge in [-0.05, 0) is 30.5 Å². The van der Waals surface area contributed by atoms with Crippen molar-refractivity contribution in [2.45, 2.75) is 26.7 Å². The van der Waals surface area contributed by atoms with Gasteiger partial charge in [0.25, 0.3) is 0 Å². The number of nitrogens with zero attached hydrogens (tertiary/aromatic N) is 2. The van der Waals surface area contributed by atoms with E-state index in [4.69, 9.17) is 11.6 Å². The summed E-state index contributed by atoms with van der Waals surface area (Å²) in [7, 11) is 0. The smallest absolute Gasteiger partial charge is 0.339 e. The van der Waals surface area contributed by atoms with Gasteiger partial charge in [-0.15, -0.1) is 0 Å². The predicted octanol–water partition coefficient (Wildman–Crippen LogP) is 3.66. The van der Waals surface area contributed by atoms with Crippen molar-refractivity contribution < 1.29 is 9.90 Å². The molecule has 0 aliphatic rings. The molecule has 1 N–H and O–H groups in total. The summed E-state index contributed by atoms with van der Waals surface area (Å²) in [6.45, 7) is 5.78. The highest BCUT2D eigenvalue weighted by Gasteiger charge is 2.21. The summed E-state index contributed by atoms with van der Waals surface area (Å²) in [5.41, 5.74) is 2.60.